The zero-order chi connectivity index (χ0) is 16.0. The number of hydrogen-bond acceptors (Lipinski definition) is 2. The number of benzene rings is 2. The van der Waals surface area contributed by atoms with Gasteiger partial charge in [0.2, 0.25) is 0 Å². The van der Waals surface area contributed by atoms with E-state index in [0.717, 1.165) is 11.1 Å². The third-order valence-corrected chi connectivity index (χ3v) is 2.94. The lowest BCUT2D eigenvalue weighted by Gasteiger charge is -2.09. The molecule has 0 aliphatic rings. The minimum absolute atomic E-state index is 0.0700. The lowest BCUT2D eigenvalue weighted by atomic mass is 9.90. The highest BCUT2D eigenvalue weighted by atomic mass is 19.1. The van der Waals surface area contributed by atoms with E-state index in [1.54, 1.807) is 12.1 Å². The Morgan fingerprint density at radius 2 is 1.81 bits per heavy atom. The van der Waals surface area contributed by atoms with E-state index in [2.05, 4.69) is 4.74 Å². The first-order valence-corrected chi connectivity index (χ1v) is 6.77. The molecule has 2 aromatic rings. The van der Waals surface area contributed by atoms with Crippen molar-refractivity contribution in [1.82, 2.24) is 0 Å². The van der Waals surface area contributed by atoms with Gasteiger partial charge in [-0.25, -0.2) is 9.18 Å². The summed E-state index contributed by atoms with van der Waals surface area (Å²) in [5.74, 6) is -1.28. The lowest BCUT2D eigenvalue weighted by molar-refractivity contribution is 0.0595. The van der Waals surface area contributed by atoms with Crippen LogP contribution in [0.15, 0.2) is 36.4 Å². The van der Waals surface area contributed by atoms with Crippen LogP contribution in [0.25, 0.3) is 11.1 Å². The van der Waals surface area contributed by atoms with Crippen LogP contribution >= 0.6 is 0 Å². The summed E-state index contributed by atoms with van der Waals surface area (Å²) in [6.07, 6.45) is 0. The fourth-order valence-corrected chi connectivity index (χ4v) is 1.97. The van der Waals surface area contributed by atoms with Crippen LogP contribution in [0.5, 0.6) is 0 Å². The molecule has 0 N–H and O–H groups in total. The fourth-order valence-electron chi connectivity index (χ4n) is 1.97. The van der Waals surface area contributed by atoms with Gasteiger partial charge in [-0.1, -0.05) is 43.6 Å². The van der Waals surface area contributed by atoms with Crippen LogP contribution in [0, 0.1) is 12.7 Å². The maximum absolute atomic E-state index is 13.9. The molecular weight excluding hydrogens is 266 g/mol. The Bertz CT molecular complexity index is 639. The fraction of sp³-hybridized carbons (Fsp3) is 0.235. The van der Waals surface area contributed by atoms with Crippen molar-refractivity contribution in [3.8, 4) is 11.1 Å². The van der Waals surface area contributed by atoms with E-state index in [1.165, 1.54) is 19.2 Å². The van der Waals surface area contributed by atoms with E-state index in [4.69, 9.17) is 7.85 Å². The molecule has 0 aliphatic carbocycles. The van der Waals surface area contributed by atoms with Gasteiger partial charge < -0.3 is 4.74 Å². The Morgan fingerprint density at radius 3 is 2.33 bits per heavy atom. The minimum atomic E-state index is -0.682. The van der Waals surface area contributed by atoms with Gasteiger partial charge in [0.25, 0.3) is 0 Å². The van der Waals surface area contributed by atoms with Gasteiger partial charge in [0, 0.05) is 0 Å². The Labute approximate surface area is 126 Å². The lowest BCUT2D eigenvalue weighted by Crippen LogP contribution is -2.05. The molecule has 0 saturated carbocycles. The van der Waals surface area contributed by atoms with E-state index >= 15 is 0 Å². The second kappa shape index (κ2) is 7.62. The Hall–Kier alpha value is -2.10. The molecule has 0 atom stereocenters. The third kappa shape index (κ3) is 3.94. The van der Waals surface area contributed by atoms with Crippen molar-refractivity contribution in [3.05, 3.63) is 53.3 Å². The third-order valence-electron chi connectivity index (χ3n) is 2.94. The first kappa shape index (κ1) is 17.0. The molecule has 0 aliphatic heterocycles. The number of carbonyl (C=O) groups is 1. The molecule has 2 rings (SSSR count). The zero-order valence-electron chi connectivity index (χ0n) is 12.7. The van der Waals surface area contributed by atoms with Crippen LogP contribution < -0.4 is 5.46 Å². The second-order valence-electron chi connectivity index (χ2n) is 4.26. The Morgan fingerprint density at radius 1 is 1.14 bits per heavy atom. The van der Waals surface area contributed by atoms with E-state index in [-0.39, 0.29) is 5.56 Å². The molecule has 0 saturated heterocycles. The van der Waals surface area contributed by atoms with Crippen molar-refractivity contribution < 1.29 is 13.9 Å². The molecule has 0 aromatic heterocycles. The maximum atomic E-state index is 13.9. The van der Waals surface area contributed by atoms with Gasteiger partial charge in [-0.3, -0.25) is 0 Å². The van der Waals surface area contributed by atoms with Crippen LogP contribution in [0.4, 0.5) is 4.39 Å². The average molecular weight is 284 g/mol. The predicted molar refractivity (Wildman–Crippen MR) is 84.6 cm³/mol. The molecule has 0 bridgehead atoms. The molecule has 0 amide bonds. The minimum Gasteiger partial charge on any atom is -0.465 e. The molecule has 0 spiro atoms. The molecule has 4 heteroatoms. The maximum Gasteiger partial charge on any atom is 0.340 e. The van der Waals surface area contributed by atoms with Gasteiger partial charge in [0.05, 0.1) is 12.7 Å². The summed E-state index contributed by atoms with van der Waals surface area (Å²) in [5.41, 5.74) is 3.12. The van der Waals surface area contributed by atoms with Crippen LogP contribution in [0.3, 0.4) is 0 Å². The van der Waals surface area contributed by atoms with Gasteiger partial charge in [0.15, 0.2) is 0 Å². The monoisotopic (exact) mass is 284 g/mol. The molecule has 21 heavy (non-hydrogen) atoms. The Balaban J connectivity index is 0.00000106. The highest BCUT2D eigenvalue weighted by molar-refractivity contribution is 6.32. The van der Waals surface area contributed by atoms with Gasteiger partial charge in [-0.05, 0) is 35.7 Å². The van der Waals surface area contributed by atoms with E-state index < -0.39 is 11.8 Å². The number of halogens is 1. The highest BCUT2D eigenvalue weighted by Gasteiger charge is 2.13. The summed E-state index contributed by atoms with van der Waals surface area (Å²) in [6, 6.07) is 9.85. The van der Waals surface area contributed by atoms with Gasteiger partial charge in [-0.15, -0.1) is 0 Å². The smallest absolute Gasteiger partial charge is 0.340 e. The van der Waals surface area contributed by atoms with Crippen molar-refractivity contribution in [2.24, 2.45) is 0 Å². The summed E-state index contributed by atoms with van der Waals surface area (Å²) in [7, 11) is 6.90. The largest absolute Gasteiger partial charge is 0.465 e. The normalized spacial score (nSPS) is 9.57. The number of hydrogen-bond donors (Lipinski definition) is 0. The van der Waals surface area contributed by atoms with Gasteiger partial charge in [-0.2, -0.15) is 0 Å². The van der Waals surface area contributed by atoms with E-state index in [9.17, 15) is 9.18 Å². The number of ether oxygens (including phenoxy) is 1. The van der Waals surface area contributed by atoms with Crippen molar-refractivity contribution in [1.29, 1.82) is 0 Å². The van der Waals surface area contributed by atoms with Crippen molar-refractivity contribution in [3.63, 3.8) is 0 Å². The summed E-state index contributed by atoms with van der Waals surface area (Å²) < 4.78 is 18.4. The number of methoxy groups -OCH3 is 1. The molecule has 108 valence electrons. The van der Waals surface area contributed by atoms with E-state index in [0.29, 0.717) is 11.0 Å². The molecule has 0 heterocycles. The number of aryl methyl sites for hydroxylation is 1. The molecule has 0 unspecified atom stereocenters. The number of carbonyl (C=O) groups excluding carboxylic acids is 1. The van der Waals surface area contributed by atoms with Crippen LogP contribution in [0.2, 0.25) is 0 Å². The van der Waals surface area contributed by atoms with Crippen LogP contribution in [0.1, 0.15) is 29.8 Å². The second-order valence-corrected chi connectivity index (χ2v) is 4.26. The van der Waals surface area contributed by atoms with Gasteiger partial charge in [0.1, 0.15) is 13.7 Å². The SMILES string of the molecule is CC.[B]c1ccc(-c2ccc(C(=O)OC)c(F)c2)c(C)c1. The first-order chi connectivity index (χ1) is 10.0. The summed E-state index contributed by atoms with van der Waals surface area (Å²) >= 11 is 0. The van der Waals surface area contributed by atoms with E-state index in [1.807, 2.05) is 32.9 Å². The summed E-state index contributed by atoms with van der Waals surface area (Å²) in [5, 5.41) is 0. The molecule has 0 fully saturated rings. The van der Waals surface area contributed by atoms with Crippen molar-refractivity contribution in [2.45, 2.75) is 20.8 Å². The quantitative estimate of drug-likeness (QED) is 0.624. The molecule has 2 aromatic carbocycles. The van der Waals surface area contributed by atoms with Crippen LogP contribution in [-0.4, -0.2) is 20.9 Å². The van der Waals surface area contributed by atoms with Crippen LogP contribution in [-0.2, 0) is 4.74 Å². The summed E-state index contributed by atoms with van der Waals surface area (Å²) in [6.45, 7) is 5.90. The molecule has 2 radical (unpaired) electrons. The van der Waals surface area contributed by atoms with Gasteiger partial charge >= 0.3 is 5.97 Å². The average Bonchev–Trinajstić information content (AvgIpc) is 2.48. The topological polar surface area (TPSA) is 26.3 Å². The zero-order valence-corrected chi connectivity index (χ0v) is 12.7. The summed E-state index contributed by atoms with van der Waals surface area (Å²) in [4.78, 5) is 11.3. The number of esters is 1. The molecule has 2 nitrogen and oxygen atoms in total. The molecular formula is C17H18BFO2. The predicted octanol–water partition coefficient (Wildman–Crippen LogP) is 3.41. The number of rotatable bonds is 2. The first-order valence-electron chi connectivity index (χ1n) is 6.77. The Kier molecular flexibility index (Phi) is 6.16. The standard InChI is InChI=1S/C15H12BFO2.C2H6/c1-9-7-11(16)4-6-12(9)10-3-5-13(14(17)8-10)15(18)19-2;1-2/h3-8H,1-2H3;1-2H3. The van der Waals surface area contributed by atoms with Crippen molar-refractivity contribution >= 4 is 19.3 Å². The highest BCUT2D eigenvalue weighted by Crippen LogP contribution is 2.24. The van der Waals surface area contributed by atoms with Crippen molar-refractivity contribution in [2.75, 3.05) is 7.11 Å².